The predicted molar refractivity (Wildman–Crippen MR) is 143 cm³/mol. The lowest BCUT2D eigenvalue weighted by molar-refractivity contribution is -0.133. The van der Waals surface area contributed by atoms with Gasteiger partial charge in [-0.05, 0) is 52.2 Å². The van der Waals surface area contributed by atoms with Crippen LogP contribution in [0.5, 0.6) is 5.75 Å². The molecule has 0 radical (unpaired) electrons. The standard InChI is InChI=1S/C30H26N4O3/c1-37-24-14-12-21(13-15-24)28-17-26(23-11-10-20-6-2-3-7-22(20)16-23)32-34(28)30(36)18-33-27-9-5-4-8-25(27)31-29(33)19-35/h2-16,28,35H,17-19H2,1H3. The molecule has 1 amide bonds. The van der Waals surface area contributed by atoms with Crippen molar-refractivity contribution in [3.05, 3.63) is 108 Å². The first-order chi connectivity index (χ1) is 18.1. The minimum Gasteiger partial charge on any atom is -0.497 e. The zero-order valence-corrected chi connectivity index (χ0v) is 20.4. The molecule has 1 N–H and O–H groups in total. The van der Waals surface area contributed by atoms with E-state index in [0.29, 0.717) is 12.2 Å². The molecule has 0 saturated carbocycles. The van der Waals surface area contributed by atoms with Crippen molar-refractivity contribution in [2.45, 2.75) is 25.6 Å². The van der Waals surface area contributed by atoms with Crippen LogP contribution in [-0.4, -0.2) is 38.4 Å². The number of hydrogen-bond donors (Lipinski definition) is 1. The van der Waals surface area contributed by atoms with Gasteiger partial charge in [-0.25, -0.2) is 9.99 Å². The fraction of sp³-hybridized carbons (Fsp3) is 0.167. The summed E-state index contributed by atoms with van der Waals surface area (Å²) in [7, 11) is 1.63. The molecule has 0 aliphatic carbocycles. The molecular weight excluding hydrogens is 464 g/mol. The fourth-order valence-corrected chi connectivity index (χ4v) is 5.00. The number of rotatable bonds is 6. The number of hydrogen-bond acceptors (Lipinski definition) is 5. The highest BCUT2D eigenvalue weighted by molar-refractivity contribution is 6.05. The molecule has 0 bridgehead atoms. The molecule has 0 fully saturated rings. The van der Waals surface area contributed by atoms with Crippen molar-refractivity contribution in [2.75, 3.05) is 7.11 Å². The highest BCUT2D eigenvalue weighted by Gasteiger charge is 2.33. The van der Waals surface area contributed by atoms with E-state index < -0.39 is 0 Å². The summed E-state index contributed by atoms with van der Waals surface area (Å²) in [4.78, 5) is 18.3. The second-order valence-electron chi connectivity index (χ2n) is 9.10. The molecule has 1 unspecified atom stereocenters. The van der Waals surface area contributed by atoms with Crippen LogP contribution < -0.4 is 4.74 Å². The van der Waals surface area contributed by atoms with Gasteiger partial charge in [0.2, 0.25) is 0 Å². The second kappa shape index (κ2) is 9.52. The van der Waals surface area contributed by atoms with Crippen molar-refractivity contribution in [1.82, 2.24) is 14.6 Å². The van der Waals surface area contributed by atoms with Crippen molar-refractivity contribution < 1.29 is 14.6 Å². The topological polar surface area (TPSA) is 80.0 Å². The van der Waals surface area contributed by atoms with Gasteiger partial charge in [-0.2, -0.15) is 5.10 Å². The molecule has 1 aliphatic rings. The zero-order chi connectivity index (χ0) is 25.4. The van der Waals surface area contributed by atoms with Gasteiger partial charge >= 0.3 is 0 Å². The summed E-state index contributed by atoms with van der Waals surface area (Å²) in [6.45, 7) is -0.229. The number of benzene rings is 4. The van der Waals surface area contributed by atoms with Crippen LogP contribution in [0.4, 0.5) is 0 Å². The third-order valence-corrected chi connectivity index (χ3v) is 6.92. The Bertz CT molecular complexity index is 1640. The van der Waals surface area contributed by atoms with E-state index in [4.69, 9.17) is 9.84 Å². The van der Waals surface area contributed by atoms with E-state index in [1.54, 1.807) is 16.7 Å². The summed E-state index contributed by atoms with van der Waals surface area (Å²) in [6, 6.07) is 29.6. The number of carbonyl (C=O) groups is 1. The Morgan fingerprint density at radius 1 is 0.973 bits per heavy atom. The first-order valence-corrected chi connectivity index (χ1v) is 12.2. The summed E-state index contributed by atoms with van der Waals surface area (Å²) in [5.41, 5.74) is 4.38. The number of imidazole rings is 1. The monoisotopic (exact) mass is 490 g/mol. The van der Waals surface area contributed by atoms with Crippen LogP contribution in [0.1, 0.15) is 29.4 Å². The van der Waals surface area contributed by atoms with E-state index in [9.17, 15) is 9.90 Å². The largest absolute Gasteiger partial charge is 0.497 e. The summed E-state index contributed by atoms with van der Waals surface area (Å²) in [5, 5.41) is 18.6. The van der Waals surface area contributed by atoms with Crippen molar-refractivity contribution in [3.8, 4) is 5.75 Å². The fourth-order valence-electron chi connectivity index (χ4n) is 5.00. The van der Waals surface area contributed by atoms with Crippen molar-refractivity contribution in [2.24, 2.45) is 5.10 Å². The van der Waals surface area contributed by atoms with Gasteiger partial charge in [0.1, 0.15) is 24.7 Å². The van der Waals surface area contributed by atoms with Crippen LogP contribution in [0, 0.1) is 0 Å². The summed E-state index contributed by atoms with van der Waals surface area (Å²) in [6.07, 6.45) is 0.591. The lowest BCUT2D eigenvalue weighted by Crippen LogP contribution is -2.30. The van der Waals surface area contributed by atoms with Crippen LogP contribution in [0.25, 0.3) is 21.8 Å². The third kappa shape index (κ3) is 4.23. The molecule has 7 heteroatoms. The van der Waals surface area contributed by atoms with E-state index in [2.05, 4.69) is 35.3 Å². The summed E-state index contributed by atoms with van der Waals surface area (Å²) < 4.78 is 7.10. The molecule has 1 aliphatic heterocycles. The van der Waals surface area contributed by atoms with Gasteiger partial charge in [-0.3, -0.25) is 4.79 Å². The van der Waals surface area contributed by atoms with Crippen molar-refractivity contribution in [1.29, 1.82) is 0 Å². The van der Waals surface area contributed by atoms with Crippen molar-refractivity contribution >= 4 is 33.4 Å². The molecule has 1 atom stereocenters. The Morgan fingerprint density at radius 3 is 2.51 bits per heavy atom. The summed E-state index contributed by atoms with van der Waals surface area (Å²) >= 11 is 0. The zero-order valence-electron chi connectivity index (χ0n) is 20.4. The van der Waals surface area contributed by atoms with Gasteiger partial charge < -0.3 is 14.4 Å². The van der Waals surface area contributed by atoms with Crippen LogP contribution in [0.3, 0.4) is 0 Å². The number of methoxy groups -OCH3 is 1. The minimum atomic E-state index is -0.257. The van der Waals surface area contributed by atoms with Crippen molar-refractivity contribution in [3.63, 3.8) is 0 Å². The molecule has 6 rings (SSSR count). The first-order valence-electron chi connectivity index (χ1n) is 12.2. The molecule has 1 aromatic heterocycles. The average Bonchev–Trinajstić information content (AvgIpc) is 3.55. The molecular formula is C30H26N4O3. The van der Waals surface area contributed by atoms with Gasteiger partial charge in [-0.15, -0.1) is 0 Å². The maximum absolute atomic E-state index is 13.8. The van der Waals surface area contributed by atoms with E-state index in [0.717, 1.165) is 44.4 Å². The Balaban J connectivity index is 1.38. The Labute approximate surface area is 214 Å². The Hall–Kier alpha value is -4.49. The number of nitrogens with zero attached hydrogens (tertiary/aromatic N) is 4. The SMILES string of the molecule is COc1ccc(C2CC(c3ccc4ccccc4c3)=NN2C(=O)Cn2c(CO)nc3ccccc32)cc1. The Morgan fingerprint density at radius 2 is 1.73 bits per heavy atom. The number of fused-ring (bicyclic) bond motifs is 2. The minimum absolute atomic E-state index is 0.0254. The van der Waals surface area contributed by atoms with E-state index in [1.807, 2.05) is 60.7 Å². The third-order valence-electron chi connectivity index (χ3n) is 6.92. The van der Waals surface area contributed by atoms with Gasteiger partial charge in [0.25, 0.3) is 5.91 Å². The van der Waals surface area contributed by atoms with Gasteiger partial charge in [-0.1, -0.05) is 60.7 Å². The number of aliphatic hydroxyl groups excluding tert-OH is 1. The highest BCUT2D eigenvalue weighted by Crippen LogP contribution is 2.34. The first kappa shape index (κ1) is 22.9. The number of carbonyl (C=O) groups excluding carboxylic acids is 1. The molecule has 0 saturated heterocycles. The smallest absolute Gasteiger partial charge is 0.263 e. The number of ether oxygens (including phenoxy) is 1. The van der Waals surface area contributed by atoms with Crippen LogP contribution in [0.2, 0.25) is 0 Å². The lowest BCUT2D eigenvalue weighted by atomic mass is 9.97. The quantitative estimate of drug-likeness (QED) is 0.361. The average molecular weight is 491 g/mol. The number of amides is 1. The molecule has 37 heavy (non-hydrogen) atoms. The molecule has 4 aromatic carbocycles. The van der Waals surface area contributed by atoms with Gasteiger partial charge in [0.05, 0.1) is 29.9 Å². The van der Waals surface area contributed by atoms with Crippen LogP contribution in [-0.2, 0) is 17.9 Å². The van der Waals surface area contributed by atoms with Gasteiger partial charge in [0.15, 0.2) is 0 Å². The molecule has 184 valence electrons. The number of para-hydroxylation sites is 2. The van der Waals surface area contributed by atoms with E-state index in [-0.39, 0.29) is 25.1 Å². The molecule has 5 aromatic rings. The highest BCUT2D eigenvalue weighted by atomic mass is 16.5. The van der Waals surface area contributed by atoms with Crippen LogP contribution in [0.15, 0.2) is 96.1 Å². The Kier molecular flexibility index (Phi) is 5.90. The van der Waals surface area contributed by atoms with E-state index in [1.165, 1.54) is 0 Å². The number of aliphatic hydroxyl groups is 1. The van der Waals surface area contributed by atoms with Gasteiger partial charge in [0, 0.05) is 6.42 Å². The van der Waals surface area contributed by atoms with Crippen LogP contribution >= 0.6 is 0 Å². The predicted octanol–water partition coefficient (Wildman–Crippen LogP) is 5.07. The van der Waals surface area contributed by atoms with E-state index >= 15 is 0 Å². The molecule has 0 spiro atoms. The molecule has 2 heterocycles. The normalized spacial score (nSPS) is 15.4. The maximum Gasteiger partial charge on any atom is 0.263 e. The molecule has 7 nitrogen and oxygen atoms in total. The lowest BCUT2D eigenvalue weighted by Gasteiger charge is -2.23. The second-order valence-corrected chi connectivity index (χ2v) is 9.10. The number of hydrazone groups is 1. The number of aromatic nitrogens is 2. The maximum atomic E-state index is 13.8. The summed E-state index contributed by atoms with van der Waals surface area (Å²) in [5.74, 6) is 1.04.